The molecule has 0 radical (unpaired) electrons. The lowest BCUT2D eigenvalue weighted by Gasteiger charge is -2.21. The normalized spacial score (nSPS) is 13.2. The van der Waals surface area contributed by atoms with Gasteiger partial charge in [0, 0.05) is 23.7 Å². The van der Waals surface area contributed by atoms with Gasteiger partial charge in [-0.3, -0.25) is 4.79 Å². The van der Waals surface area contributed by atoms with Gasteiger partial charge in [0.1, 0.15) is 0 Å². The number of halogens is 1. The third kappa shape index (κ3) is 6.63. The average molecular weight is 346 g/mol. The molecule has 0 aliphatic carbocycles. The van der Waals surface area contributed by atoms with Crippen LogP contribution < -0.4 is 5.32 Å². The molecule has 0 unspecified atom stereocenters. The van der Waals surface area contributed by atoms with Crippen molar-refractivity contribution in [3.8, 4) is 0 Å². The predicted octanol–water partition coefficient (Wildman–Crippen LogP) is 5.11. The van der Waals surface area contributed by atoms with Crippen LogP contribution in [0.25, 0.3) is 0 Å². The highest BCUT2D eigenvalue weighted by atomic mass is 35.5. The molecular weight excluding hydrogens is 322 g/mol. The second-order valence-corrected chi connectivity index (χ2v) is 6.82. The lowest BCUT2D eigenvalue weighted by molar-refractivity contribution is -0.138. The third-order valence-corrected chi connectivity index (χ3v) is 4.32. The maximum Gasteiger partial charge on any atom is 0.303 e. The third-order valence-electron chi connectivity index (χ3n) is 4.07. The minimum absolute atomic E-state index is 0.102. The molecule has 2 atom stereocenters. The first kappa shape index (κ1) is 18.3. The summed E-state index contributed by atoms with van der Waals surface area (Å²) in [6, 6.07) is 17.8. The number of carboxylic acids is 1. The van der Waals surface area contributed by atoms with E-state index in [9.17, 15) is 9.90 Å². The molecule has 0 bridgehead atoms. The fraction of sp³-hybridized carbons (Fsp3) is 0.350. The fourth-order valence-electron chi connectivity index (χ4n) is 2.98. The number of hydrogen-bond acceptors (Lipinski definition) is 2. The highest BCUT2D eigenvalue weighted by Crippen LogP contribution is 2.21. The van der Waals surface area contributed by atoms with E-state index < -0.39 is 5.97 Å². The zero-order chi connectivity index (χ0) is 17.4. The first-order valence-corrected chi connectivity index (χ1v) is 8.66. The van der Waals surface area contributed by atoms with Crippen LogP contribution in [0.5, 0.6) is 0 Å². The fourth-order valence-corrected chi connectivity index (χ4v) is 3.11. The van der Waals surface area contributed by atoms with Crippen molar-refractivity contribution in [1.29, 1.82) is 0 Å². The smallest absolute Gasteiger partial charge is 0.303 e. The van der Waals surface area contributed by atoms with Crippen molar-refractivity contribution in [2.75, 3.05) is 11.9 Å². The van der Waals surface area contributed by atoms with E-state index in [2.05, 4.69) is 12.2 Å². The first-order valence-electron chi connectivity index (χ1n) is 8.28. The van der Waals surface area contributed by atoms with Crippen LogP contribution in [0.2, 0.25) is 5.02 Å². The van der Waals surface area contributed by atoms with E-state index >= 15 is 0 Å². The largest absolute Gasteiger partial charge is 0.481 e. The van der Waals surface area contributed by atoms with Crippen LogP contribution in [-0.4, -0.2) is 17.6 Å². The Bertz CT molecular complexity index is 628. The van der Waals surface area contributed by atoms with Crippen LogP contribution in [0, 0.1) is 11.8 Å². The molecule has 24 heavy (non-hydrogen) atoms. The van der Waals surface area contributed by atoms with Crippen molar-refractivity contribution in [1.82, 2.24) is 0 Å². The minimum atomic E-state index is -0.742. The predicted molar refractivity (Wildman–Crippen MR) is 99.6 cm³/mol. The molecule has 0 spiro atoms. The van der Waals surface area contributed by atoms with Gasteiger partial charge >= 0.3 is 5.97 Å². The molecule has 0 fully saturated rings. The Morgan fingerprint density at radius 2 is 1.79 bits per heavy atom. The lowest BCUT2D eigenvalue weighted by Crippen LogP contribution is -2.21. The van der Waals surface area contributed by atoms with Gasteiger partial charge in [-0.2, -0.15) is 0 Å². The number of anilines is 1. The maximum atomic E-state index is 11.2. The molecule has 4 heteroatoms. The molecule has 0 saturated carbocycles. The van der Waals surface area contributed by atoms with E-state index in [0.29, 0.717) is 12.5 Å². The molecule has 0 aliphatic rings. The number of para-hydroxylation sites is 1. The standard InChI is InChI=1S/C20H24ClNO2/c1-15(11-16-7-9-18(21)10-8-16)12-17(13-20(23)24)14-22-19-5-3-2-4-6-19/h2-10,15,17,22H,11-14H2,1H3,(H,23,24)/t15-,17+/m1/s1. The Labute approximate surface area is 148 Å². The van der Waals surface area contributed by atoms with Gasteiger partial charge in [0.05, 0.1) is 0 Å². The Hall–Kier alpha value is -2.00. The number of nitrogens with one attached hydrogen (secondary N) is 1. The van der Waals surface area contributed by atoms with E-state index in [0.717, 1.165) is 23.6 Å². The Morgan fingerprint density at radius 1 is 1.12 bits per heavy atom. The summed E-state index contributed by atoms with van der Waals surface area (Å²) < 4.78 is 0. The number of carbonyl (C=O) groups is 1. The van der Waals surface area contributed by atoms with Crippen LogP contribution in [0.1, 0.15) is 25.3 Å². The van der Waals surface area contributed by atoms with Crippen molar-refractivity contribution < 1.29 is 9.90 Å². The van der Waals surface area contributed by atoms with Gasteiger partial charge < -0.3 is 10.4 Å². The highest BCUT2D eigenvalue weighted by molar-refractivity contribution is 6.30. The lowest BCUT2D eigenvalue weighted by atomic mass is 9.89. The van der Waals surface area contributed by atoms with Gasteiger partial charge in [0.15, 0.2) is 0 Å². The minimum Gasteiger partial charge on any atom is -0.481 e. The molecule has 0 saturated heterocycles. The van der Waals surface area contributed by atoms with Crippen molar-refractivity contribution in [3.05, 3.63) is 65.2 Å². The molecule has 0 heterocycles. The van der Waals surface area contributed by atoms with Crippen molar-refractivity contribution in [2.24, 2.45) is 11.8 Å². The van der Waals surface area contributed by atoms with Crippen LogP contribution in [0.15, 0.2) is 54.6 Å². The van der Waals surface area contributed by atoms with Gasteiger partial charge in [-0.25, -0.2) is 0 Å². The summed E-state index contributed by atoms with van der Waals surface area (Å²) in [6.45, 7) is 2.84. The van der Waals surface area contributed by atoms with E-state index in [1.165, 1.54) is 5.56 Å². The summed E-state index contributed by atoms with van der Waals surface area (Å²) >= 11 is 5.92. The maximum absolute atomic E-state index is 11.2. The van der Waals surface area contributed by atoms with E-state index in [-0.39, 0.29) is 12.3 Å². The van der Waals surface area contributed by atoms with Crippen LogP contribution in [-0.2, 0) is 11.2 Å². The number of carboxylic acid groups (broad SMARTS) is 1. The molecule has 3 nitrogen and oxygen atoms in total. The summed E-state index contributed by atoms with van der Waals surface area (Å²) in [4.78, 5) is 11.2. The molecule has 2 rings (SSSR count). The molecule has 2 aromatic carbocycles. The van der Waals surface area contributed by atoms with E-state index in [1.807, 2.05) is 54.6 Å². The summed E-state index contributed by atoms with van der Waals surface area (Å²) in [7, 11) is 0. The van der Waals surface area contributed by atoms with Crippen LogP contribution in [0.4, 0.5) is 5.69 Å². The van der Waals surface area contributed by atoms with Gasteiger partial charge in [0.2, 0.25) is 0 Å². The van der Waals surface area contributed by atoms with E-state index in [4.69, 9.17) is 11.6 Å². The number of benzene rings is 2. The van der Waals surface area contributed by atoms with E-state index in [1.54, 1.807) is 0 Å². The van der Waals surface area contributed by atoms with Gasteiger partial charge in [-0.05, 0) is 54.5 Å². The number of rotatable bonds is 9. The zero-order valence-electron chi connectivity index (χ0n) is 13.9. The van der Waals surface area contributed by atoms with Crippen LogP contribution in [0.3, 0.4) is 0 Å². The molecule has 0 amide bonds. The second-order valence-electron chi connectivity index (χ2n) is 6.38. The highest BCUT2D eigenvalue weighted by Gasteiger charge is 2.17. The molecule has 2 N–H and O–H groups in total. The molecule has 0 aromatic heterocycles. The van der Waals surface area contributed by atoms with Crippen molar-refractivity contribution in [2.45, 2.75) is 26.2 Å². The Kier molecular flexibility index (Phi) is 7.13. The van der Waals surface area contributed by atoms with Crippen LogP contribution >= 0.6 is 11.6 Å². The topological polar surface area (TPSA) is 49.3 Å². The second kappa shape index (κ2) is 9.33. The SMILES string of the molecule is C[C@H](Cc1ccc(Cl)cc1)C[C@H](CNc1ccccc1)CC(=O)O. The zero-order valence-corrected chi connectivity index (χ0v) is 14.7. The molecule has 0 aliphatic heterocycles. The number of hydrogen-bond donors (Lipinski definition) is 2. The number of aliphatic carboxylic acids is 1. The quantitative estimate of drug-likeness (QED) is 0.663. The summed E-state index contributed by atoms with van der Waals surface area (Å²) in [5.74, 6) is -0.230. The summed E-state index contributed by atoms with van der Waals surface area (Å²) in [5, 5.41) is 13.3. The monoisotopic (exact) mass is 345 g/mol. The van der Waals surface area contributed by atoms with Gasteiger partial charge in [0.25, 0.3) is 0 Å². The summed E-state index contributed by atoms with van der Waals surface area (Å²) in [6.07, 6.45) is 1.98. The van der Waals surface area contributed by atoms with Crippen molar-refractivity contribution in [3.63, 3.8) is 0 Å². The Balaban J connectivity index is 1.89. The summed E-state index contributed by atoms with van der Waals surface area (Å²) in [5.41, 5.74) is 2.26. The first-order chi connectivity index (χ1) is 11.5. The van der Waals surface area contributed by atoms with Gasteiger partial charge in [-0.1, -0.05) is 48.9 Å². The molecule has 2 aromatic rings. The van der Waals surface area contributed by atoms with Crippen molar-refractivity contribution >= 4 is 23.3 Å². The molecule has 128 valence electrons. The molecular formula is C20H24ClNO2. The Morgan fingerprint density at radius 3 is 2.42 bits per heavy atom. The average Bonchev–Trinajstić information content (AvgIpc) is 2.55. The van der Waals surface area contributed by atoms with Gasteiger partial charge in [-0.15, -0.1) is 0 Å².